The molecule has 26 nitrogen and oxygen atoms in total. The SMILES string of the molecule is CC(=O)O[C@@H]1[C@@H](NC(=O)OCC(Cl)(Cl)Cl)[C@H](OC[C@H]2O[C@H](OCCCCCN(Cc3ccccc3)C(=O)OCc3ccccc3)[C@H](N=[N+]=[N-])[C@@H](OCc3ccccc3)[C@@H]2OCc2ccccc2)O[C@H](COCc2ccccc2)[C@H]1O[C@@H]1O[C@@H]2CO[C@@H](c3ccccc3)O[C@H]2[C@H](OCc2ccccc2)[C@@H]1N=[N+]=[N-]. The van der Waals surface area contributed by atoms with Gasteiger partial charge >= 0.3 is 18.2 Å². The number of carbonyl (C=O) groups excluding carboxylic acids is 3. The van der Waals surface area contributed by atoms with Gasteiger partial charge in [0.05, 0.1) is 46.2 Å². The summed E-state index contributed by atoms with van der Waals surface area (Å²) in [5.41, 5.74) is 26.5. The second-order valence-electron chi connectivity index (χ2n) is 25.7. The molecule has 0 aliphatic carbocycles. The molecule has 7 aromatic rings. The molecule has 0 unspecified atom stereocenters. The maximum Gasteiger partial charge on any atom is 0.410 e. The Kier molecular flexibility index (Phi) is 30.7. The number of alkyl halides is 3. The highest BCUT2D eigenvalue weighted by Gasteiger charge is 2.57. The summed E-state index contributed by atoms with van der Waals surface area (Å²) >= 11 is 18.4. The molecule has 7 aromatic carbocycles. The van der Waals surface area contributed by atoms with Gasteiger partial charge in [0.2, 0.25) is 3.79 Å². The predicted octanol–water partition coefficient (Wildman–Crippen LogP) is 14.4. The van der Waals surface area contributed by atoms with Crippen molar-refractivity contribution in [3.05, 3.63) is 272 Å². The van der Waals surface area contributed by atoms with Crippen molar-refractivity contribution < 1.29 is 85.4 Å². The highest BCUT2D eigenvalue weighted by molar-refractivity contribution is 6.67. The van der Waals surface area contributed by atoms with Gasteiger partial charge in [0.25, 0.3) is 0 Å². The van der Waals surface area contributed by atoms with Crippen molar-refractivity contribution in [1.29, 1.82) is 0 Å². The van der Waals surface area contributed by atoms with E-state index in [1.807, 2.05) is 212 Å². The Morgan fingerprint density at radius 1 is 0.523 bits per heavy atom. The van der Waals surface area contributed by atoms with Gasteiger partial charge in [-0.15, -0.1) is 0 Å². The Balaban J connectivity index is 0.906. The lowest BCUT2D eigenvalue weighted by Crippen LogP contribution is -2.69. The molecule has 1 N–H and O–H groups in total. The molecule has 2 amide bonds. The molecule has 4 aliphatic rings. The first-order valence-electron chi connectivity index (χ1n) is 35.3. The van der Waals surface area contributed by atoms with Gasteiger partial charge in [0.15, 0.2) is 31.3 Å². The number of amides is 2. The fourth-order valence-corrected chi connectivity index (χ4v) is 13.0. The van der Waals surface area contributed by atoms with E-state index in [-0.39, 0.29) is 52.9 Å². The Bertz CT molecular complexity index is 3930. The number of ether oxygens (including phenoxy) is 15. The van der Waals surface area contributed by atoms with E-state index in [2.05, 4.69) is 25.4 Å². The number of fused-ring (bicyclic) bond motifs is 1. The molecule has 107 heavy (non-hydrogen) atoms. The number of esters is 1. The second-order valence-corrected chi connectivity index (χ2v) is 28.2. The number of hydrogen-bond acceptors (Lipinski definition) is 20. The summed E-state index contributed by atoms with van der Waals surface area (Å²) in [7, 11) is 0. The summed E-state index contributed by atoms with van der Waals surface area (Å²) < 4.78 is 96.7. The van der Waals surface area contributed by atoms with Gasteiger partial charge in [0, 0.05) is 42.0 Å². The smallest absolute Gasteiger partial charge is 0.410 e. The molecule has 0 aromatic heterocycles. The number of unbranched alkanes of at least 4 members (excludes halogenated alkanes) is 2. The predicted molar refractivity (Wildman–Crippen MR) is 391 cm³/mol. The van der Waals surface area contributed by atoms with Crippen LogP contribution in [0.1, 0.15) is 71.4 Å². The molecule has 0 bridgehead atoms. The van der Waals surface area contributed by atoms with Crippen LogP contribution in [-0.2, 0) is 115 Å². The van der Waals surface area contributed by atoms with E-state index in [0.29, 0.717) is 37.9 Å². The van der Waals surface area contributed by atoms with Crippen LogP contribution < -0.4 is 5.32 Å². The first-order valence-corrected chi connectivity index (χ1v) is 36.4. The van der Waals surface area contributed by atoms with E-state index in [1.54, 1.807) is 4.90 Å². The van der Waals surface area contributed by atoms with Crippen molar-refractivity contribution in [3.8, 4) is 0 Å². The largest absolute Gasteiger partial charge is 0.457 e. The van der Waals surface area contributed by atoms with Crippen molar-refractivity contribution in [1.82, 2.24) is 10.2 Å². The number of nitrogens with one attached hydrogen (secondary N) is 1. The molecule has 4 fully saturated rings. The number of hydrogen-bond donors (Lipinski definition) is 1. The van der Waals surface area contributed by atoms with Gasteiger partial charge in [-0.3, -0.25) is 4.79 Å². The average molecular weight is 1530 g/mol. The quantitative estimate of drug-likeness (QED) is 0.00734. The van der Waals surface area contributed by atoms with Crippen LogP contribution in [0.3, 0.4) is 0 Å². The van der Waals surface area contributed by atoms with Gasteiger partial charge in [-0.05, 0) is 63.7 Å². The molecule has 0 radical (unpaired) electrons. The molecule has 4 heterocycles. The number of rotatable bonds is 35. The fourth-order valence-electron chi connectivity index (χ4n) is 12.9. The van der Waals surface area contributed by atoms with Gasteiger partial charge in [-0.1, -0.05) is 257 Å². The van der Waals surface area contributed by atoms with Gasteiger partial charge in [-0.25, -0.2) is 9.59 Å². The number of benzene rings is 7. The fraction of sp³-hybridized carbons (Fsp3) is 0.423. The molecule has 4 aliphatic heterocycles. The summed E-state index contributed by atoms with van der Waals surface area (Å²) in [5, 5.41) is 11.3. The third-order valence-corrected chi connectivity index (χ3v) is 18.3. The van der Waals surface area contributed by atoms with E-state index in [9.17, 15) is 25.4 Å². The zero-order valence-electron chi connectivity index (χ0n) is 58.7. The van der Waals surface area contributed by atoms with Crippen LogP contribution >= 0.6 is 34.8 Å². The summed E-state index contributed by atoms with van der Waals surface area (Å²) in [4.78, 5) is 50.1. The minimum Gasteiger partial charge on any atom is -0.457 e. The lowest BCUT2D eigenvalue weighted by atomic mass is 9.93. The second kappa shape index (κ2) is 41.2. The zero-order chi connectivity index (χ0) is 74.6. The van der Waals surface area contributed by atoms with Crippen LogP contribution in [0.15, 0.2) is 223 Å². The maximum atomic E-state index is 14.3. The first kappa shape index (κ1) is 79.6. The van der Waals surface area contributed by atoms with Crippen LogP contribution in [-0.4, -0.2) is 158 Å². The third kappa shape index (κ3) is 24.0. The van der Waals surface area contributed by atoms with Crippen LogP contribution in [0.5, 0.6) is 0 Å². The summed E-state index contributed by atoms with van der Waals surface area (Å²) in [6, 6.07) is 61.6. The zero-order valence-corrected chi connectivity index (χ0v) is 60.9. The van der Waals surface area contributed by atoms with E-state index in [0.717, 1.165) is 40.3 Å². The minimum absolute atomic E-state index is 0.00534. The van der Waals surface area contributed by atoms with Crippen molar-refractivity contribution >= 4 is 53.0 Å². The first-order chi connectivity index (χ1) is 52.2. The minimum atomic E-state index is -2.09. The summed E-state index contributed by atoms with van der Waals surface area (Å²) in [6.07, 6.45) is -16.3. The average Bonchev–Trinajstić information content (AvgIpc) is 0.763. The number of azide groups is 2. The number of halogens is 3. The van der Waals surface area contributed by atoms with Gasteiger partial charge < -0.3 is 81.3 Å². The number of carbonyl (C=O) groups is 3. The highest BCUT2D eigenvalue weighted by Crippen LogP contribution is 2.41. The van der Waals surface area contributed by atoms with E-state index < -0.39 is 133 Å². The van der Waals surface area contributed by atoms with Gasteiger partial charge in [0.1, 0.15) is 80.2 Å². The van der Waals surface area contributed by atoms with Crippen LogP contribution in [0, 0.1) is 0 Å². The highest BCUT2D eigenvalue weighted by atomic mass is 35.6. The van der Waals surface area contributed by atoms with Crippen molar-refractivity contribution in [2.24, 2.45) is 10.2 Å². The van der Waals surface area contributed by atoms with Crippen LogP contribution in [0.25, 0.3) is 20.9 Å². The molecule has 566 valence electrons. The van der Waals surface area contributed by atoms with Crippen LogP contribution in [0.2, 0.25) is 0 Å². The molecule has 16 atom stereocenters. The lowest BCUT2D eigenvalue weighted by molar-refractivity contribution is -0.369. The van der Waals surface area contributed by atoms with E-state index in [4.69, 9.17) is 106 Å². The Morgan fingerprint density at radius 2 is 1.03 bits per heavy atom. The monoisotopic (exact) mass is 1530 g/mol. The normalized spacial score (nSPS) is 25.5. The molecule has 0 saturated carbocycles. The lowest BCUT2D eigenvalue weighted by Gasteiger charge is -2.51. The van der Waals surface area contributed by atoms with Crippen LogP contribution in [0.4, 0.5) is 9.59 Å². The Hall–Kier alpha value is -8.44. The number of alkyl carbamates (subject to hydrolysis) is 1. The molecular formula is C78H85Cl3N8O18. The topological polar surface area (TPSA) is 302 Å². The van der Waals surface area contributed by atoms with E-state index >= 15 is 0 Å². The molecule has 4 saturated heterocycles. The van der Waals surface area contributed by atoms with E-state index in [1.165, 1.54) is 0 Å². The number of nitrogens with zero attached hydrogens (tertiary/aromatic N) is 7. The Labute approximate surface area is 635 Å². The Morgan fingerprint density at radius 3 is 1.59 bits per heavy atom. The maximum absolute atomic E-state index is 14.3. The van der Waals surface area contributed by atoms with Gasteiger partial charge in [-0.2, -0.15) is 0 Å². The van der Waals surface area contributed by atoms with Crippen molar-refractivity contribution in [2.75, 3.05) is 39.6 Å². The molecule has 0 spiro atoms. The van der Waals surface area contributed by atoms with Crippen molar-refractivity contribution in [3.63, 3.8) is 0 Å². The van der Waals surface area contributed by atoms with Crippen molar-refractivity contribution in [2.45, 2.75) is 168 Å². The summed E-state index contributed by atoms with van der Waals surface area (Å²) in [6.45, 7) is 0.574. The molecule has 29 heteroatoms. The standard InChI is InChI=1S/C78H85Cl3N8O18/c1-52(90)102-71-63(84-76(91)101-51-78(79,80)81)73(103-60(48-93-43-54-28-12-3-13-29-54)68(71)107-75-65(86-88-83)70(97-46-57-34-18-6-19-35-57)67-62(105-75)50-98-72(106-67)59-38-22-8-23-39-59)99-49-61-66(95-44-55-30-14-4-15-31-55)69(96-45-56-32-16-5-17-33-56)64(85-87-82)74(104-61)94-41-25-9-24-40-89(42-53-26-10-2-11-27-53)77(92)100-47-58-36-20-7-21-37-58/h2-8,10-23,26-39,60-75H,9,24-25,40-51H2,1H3,(H,84,91)/t60-,61-,62-,63-,64-,65+,66-,67-,68-,69-,70-,71-,72-,73-,74+,75+/m1/s1. The molecular weight excluding hydrogens is 1440 g/mol. The summed E-state index contributed by atoms with van der Waals surface area (Å²) in [5.74, 6) is -0.852. The molecule has 11 rings (SSSR count). The third-order valence-electron chi connectivity index (χ3n) is 18.0.